The number of aromatic nitrogens is 1. The molecule has 0 spiro atoms. The average molecular weight is 557 g/mol. The molecule has 0 radical (unpaired) electrons. The number of carboxylic acids is 1. The Morgan fingerprint density at radius 2 is 1.92 bits per heavy atom. The first-order chi connectivity index (χ1) is 17.0. The fourth-order valence-corrected chi connectivity index (χ4v) is 6.38. The number of amides is 1. The van der Waals surface area contributed by atoms with Crippen LogP contribution in [-0.2, 0) is 14.8 Å². The molecule has 4 rings (SSSR count). The van der Waals surface area contributed by atoms with Gasteiger partial charge in [-0.1, -0.05) is 17.7 Å². The quantitative estimate of drug-likeness (QED) is 0.489. The second kappa shape index (κ2) is 10.2. The van der Waals surface area contributed by atoms with Crippen molar-refractivity contribution in [2.75, 3.05) is 6.26 Å². The molecule has 2 heterocycles. The number of nitrogens with one attached hydrogen (secondary N) is 1. The van der Waals surface area contributed by atoms with Crippen LogP contribution in [0.2, 0.25) is 5.02 Å². The molecule has 1 aliphatic carbocycles. The molecule has 1 aromatic carbocycles. The van der Waals surface area contributed by atoms with Gasteiger partial charge >= 0.3 is 12.1 Å². The van der Waals surface area contributed by atoms with Gasteiger partial charge < -0.3 is 10.2 Å². The number of carboxylic acid groups (broad SMARTS) is 2. The highest BCUT2D eigenvalue weighted by Crippen LogP contribution is 2.44. The Bertz CT molecular complexity index is 1350. The fourth-order valence-electron chi connectivity index (χ4n) is 4.65. The monoisotopic (exact) mass is 556 g/mol. The van der Waals surface area contributed by atoms with Gasteiger partial charge in [0.05, 0.1) is 17.5 Å². The minimum Gasteiger partial charge on any atom is -0.478 e. The summed E-state index contributed by atoms with van der Waals surface area (Å²) in [6.45, 7) is 0. The molecule has 1 amide bonds. The summed E-state index contributed by atoms with van der Waals surface area (Å²) in [4.78, 5) is 34.6. The molecule has 192 valence electrons. The molecule has 2 aliphatic rings. The third-order valence-electron chi connectivity index (χ3n) is 6.07. The summed E-state index contributed by atoms with van der Waals surface area (Å²) in [6.07, 6.45) is 2.80. The first-order valence-corrected chi connectivity index (χ1v) is 14.0. The van der Waals surface area contributed by atoms with Gasteiger partial charge in [-0.15, -0.1) is 11.3 Å². The number of aliphatic carboxylic acids is 1. The van der Waals surface area contributed by atoms with Crippen LogP contribution in [0.1, 0.15) is 42.3 Å². The first-order valence-electron chi connectivity index (χ1n) is 10.9. The van der Waals surface area contributed by atoms with Crippen LogP contribution in [0.4, 0.5) is 9.18 Å². The van der Waals surface area contributed by atoms with E-state index in [2.05, 4.69) is 14.7 Å². The SMILES string of the molecule is CS(=O)(=O)NC1CCC(C2=C(C(=O)O)C(c3ccc(F)cc3Cl)N(C(=O)O)C(c3nccs3)=N2)CC1. The lowest BCUT2D eigenvalue weighted by molar-refractivity contribution is -0.133. The van der Waals surface area contributed by atoms with Crippen molar-refractivity contribution in [2.24, 2.45) is 10.9 Å². The highest BCUT2D eigenvalue weighted by atomic mass is 35.5. The Morgan fingerprint density at radius 3 is 2.44 bits per heavy atom. The van der Waals surface area contributed by atoms with Gasteiger partial charge in [0, 0.05) is 28.6 Å². The van der Waals surface area contributed by atoms with Gasteiger partial charge in [0.25, 0.3) is 0 Å². The van der Waals surface area contributed by atoms with E-state index in [0.717, 1.165) is 34.6 Å². The van der Waals surface area contributed by atoms with Crippen molar-refractivity contribution in [3.8, 4) is 0 Å². The minimum absolute atomic E-state index is 0.0562. The average Bonchev–Trinajstić information content (AvgIpc) is 3.32. The normalized spacial score (nSPS) is 22.9. The van der Waals surface area contributed by atoms with Crippen LogP contribution in [0.25, 0.3) is 0 Å². The molecule has 36 heavy (non-hydrogen) atoms. The molecular formula is C22H22ClFN4O6S2. The lowest BCUT2D eigenvalue weighted by atomic mass is 9.80. The lowest BCUT2D eigenvalue weighted by Gasteiger charge is -2.38. The van der Waals surface area contributed by atoms with E-state index in [1.807, 2.05) is 0 Å². The summed E-state index contributed by atoms with van der Waals surface area (Å²) in [7, 11) is -3.41. The summed E-state index contributed by atoms with van der Waals surface area (Å²) in [6, 6.07) is 1.63. The summed E-state index contributed by atoms with van der Waals surface area (Å²) in [5.74, 6) is -2.49. The zero-order valence-electron chi connectivity index (χ0n) is 18.9. The van der Waals surface area contributed by atoms with Crippen LogP contribution in [0.5, 0.6) is 0 Å². The maximum atomic E-state index is 13.8. The number of nitrogens with zero attached hydrogens (tertiary/aromatic N) is 3. The van der Waals surface area contributed by atoms with Gasteiger partial charge in [-0.25, -0.2) is 42.0 Å². The van der Waals surface area contributed by atoms with E-state index in [-0.39, 0.29) is 44.7 Å². The molecule has 14 heteroatoms. The van der Waals surface area contributed by atoms with Crippen molar-refractivity contribution in [3.05, 3.63) is 62.5 Å². The number of benzene rings is 1. The van der Waals surface area contributed by atoms with Gasteiger partial charge in [0.2, 0.25) is 10.0 Å². The Hall–Kier alpha value is -2.87. The molecule has 1 atom stereocenters. The Labute approximate surface area is 215 Å². The molecule has 1 aliphatic heterocycles. The molecule has 1 aromatic heterocycles. The topological polar surface area (TPSA) is 149 Å². The number of carbonyl (C=O) groups is 2. The fraction of sp³-hybridized carbons (Fsp3) is 0.364. The van der Waals surface area contributed by atoms with Crippen molar-refractivity contribution < 1.29 is 32.6 Å². The van der Waals surface area contributed by atoms with Gasteiger partial charge in [0.1, 0.15) is 11.9 Å². The van der Waals surface area contributed by atoms with E-state index in [4.69, 9.17) is 11.6 Å². The lowest BCUT2D eigenvalue weighted by Crippen LogP contribution is -2.45. The Balaban J connectivity index is 1.87. The largest absolute Gasteiger partial charge is 0.478 e. The van der Waals surface area contributed by atoms with E-state index < -0.39 is 33.9 Å². The van der Waals surface area contributed by atoms with Crippen LogP contribution in [0.15, 0.2) is 46.0 Å². The van der Waals surface area contributed by atoms with Crippen LogP contribution in [-0.4, -0.2) is 58.7 Å². The van der Waals surface area contributed by atoms with E-state index >= 15 is 0 Å². The molecule has 2 aromatic rings. The molecule has 1 unspecified atom stereocenters. The van der Waals surface area contributed by atoms with Crippen LogP contribution in [0.3, 0.4) is 0 Å². The van der Waals surface area contributed by atoms with Gasteiger partial charge in [-0.3, -0.25) is 0 Å². The van der Waals surface area contributed by atoms with Crippen molar-refractivity contribution in [1.29, 1.82) is 0 Å². The minimum atomic E-state index is -3.41. The maximum Gasteiger partial charge on any atom is 0.413 e. The summed E-state index contributed by atoms with van der Waals surface area (Å²) in [5, 5.41) is 22.2. The van der Waals surface area contributed by atoms with E-state index in [9.17, 15) is 32.6 Å². The molecule has 0 bridgehead atoms. The summed E-state index contributed by atoms with van der Waals surface area (Å²) >= 11 is 7.43. The van der Waals surface area contributed by atoms with E-state index in [1.54, 1.807) is 5.38 Å². The number of thiazole rings is 1. The second-order valence-electron chi connectivity index (χ2n) is 8.54. The maximum absolute atomic E-state index is 13.8. The molecule has 1 fully saturated rings. The first kappa shape index (κ1) is 26.2. The molecule has 1 saturated carbocycles. The van der Waals surface area contributed by atoms with Crippen LogP contribution in [0, 0.1) is 11.7 Å². The summed E-state index contributed by atoms with van der Waals surface area (Å²) in [5.41, 5.74) is -0.0223. The van der Waals surface area contributed by atoms with Crippen molar-refractivity contribution in [3.63, 3.8) is 0 Å². The number of hydrogen-bond acceptors (Lipinski definition) is 7. The summed E-state index contributed by atoms with van der Waals surface area (Å²) < 4.78 is 39.7. The highest BCUT2D eigenvalue weighted by molar-refractivity contribution is 7.88. The van der Waals surface area contributed by atoms with E-state index in [0.29, 0.717) is 25.7 Å². The third kappa shape index (κ3) is 5.43. The van der Waals surface area contributed by atoms with Crippen LogP contribution >= 0.6 is 22.9 Å². The Kier molecular flexibility index (Phi) is 7.46. The number of hydrogen-bond donors (Lipinski definition) is 3. The van der Waals surface area contributed by atoms with Crippen LogP contribution < -0.4 is 4.72 Å². The van der Waals surface area contributed by atoms with Crippen molar-refractivity contribution in [1.82, 2.24) is 14.6 Å². The van der Waals surface area contributed by atoms with Crippen molar-refractivity contribution >= 4 is 50.9 Å². The number of aliphatic imine (C=N–C) groups is 1. The second-order valence-corrected chi connectivity index (χ2v) is 11.6. The smallest absolute Gasteiger partial charge is 0.413 e. The zero-order chi connectivity index (χ0) is 26.2. The van der Waals surface area contributed by atoms with Gasteiger partial charge in [-0.05, 0) is 43.4 Å². The van der Waals surface area contributed by atoms with Crippen molar-refractivity contribution in [2.45, 2.75) is 37.8 Å². The standard InChI is InChI=1S/C22H22ClFN4O6S2/c1-36(33,34)27-13-5-2-11(3-6-13)17-16(21(29)30)18(14-7-4-12(24)10-15(14)23)28(22(31)32)19(26-17)20-25-8-9-35-20/h4,7-11,13,18,27H,2-3,5-6H2,1H3,(H,29,30)(H,31,32). The molecule has 3 N–H and O–H groups in total. The highest BCUT2D eigenvalue weighted by Gasteiger charge is 2.44. The number of allylic oxidation sites excluding steroid dienone is 1. The number of sulfonamides is 1. The van der Waals surface area contributed by atoms with Gasteiger partial charge in [-0.2, -0.15) is 0 Å². The number of rotatable bonds is 6. The molecule has 10 nitrogen and oxygen atoms in total. The number of amidine groups is 1. The van der Waals surface area contributed by atoms with E-state index in [1.165, 1.54) is 12.3 Å². The Morgan fingerprint density at radius 1 is 1.22 bits per heavy atom. The predicted molar refractivity (Wildman–Crippen MR) is 131 cm³/mol. The third-order valence-corrected chi connectivity index (χ3v) is 7.93. The van der Waals surface area contributed by atoms with Gasteiger partial charge in [0.15, 0.2) is 10.8 Å². The number of halogens is 2. The zero-order valence-corrected chi connectivity index (χ0v) is 21.3. The molecular weight excluding hydrogens is 535 g/mol. The predicted octanol–water partition coefficient (Wildman–Crippen LogP) is 3.86. The molecule has 0 saturated heterocycles.